The van der Waals surface area contributed by atoms with Gasteiger partial charge in [-0.1, -0.05) is 34.1 Å². The molecule has 22 heavy (non-hydrogen) atoms. The lowest BCUT2D eigenvalue weighted by Crippen LogP contribution is -2.62. The molecule has 0 amide bonds. The standard InChI is InChI=1S/C20H28O2/c1-17(2)7-5-8-18(3)12(17)6-9-20-13(18)10-11-14(15(20)21)19(11,4)16(20)22/h11-14H,5-10H2,1-4H3/t11-,12-,13+,14?,18-,19-,20+/m1/s1. The predicted molar refractivity (Wildman–Crippen MR) is 84.1 cm³/mol. The number of ketones is 2. The molecule has 0 radical (unpaired) electrons. The lowest BCUT2D eigenvalue weighted by Gasteiger charge is -2.63. The highest BCUT2D eigenvalue weighted by Crippen LogP contribution is 2.82. The van der Waals surface area contributed by atoms with E-state index in [0.717, 1.165) is 19.3 Å². The van der Waals surface area contributed by atoms with Crippen molar-refractivity contribution in [2.24, 2.45) is 45.3 Å². The number of rotatable bonds is 0. The van der Waals surface area contributed by atoms with Gasteiger partial charge in [0.05, 0.1) is 5.41 Å². The van der Waals surface area contributed by atoms with Crippen molar-refractivity contribution in [3.05, 3.63) is 0 Å². The van der Waals surface area contributed by atoms with Gasteiger partial charge in [0.25, 0.3) is 0 Å². The average molecular weight is 300 g/mol. The zero-order valence-electron chi connectivity index (χ0n) is 14.4. The lowest BCUT2D eigenvalue weighted by atomic mass is 9.39. The van der Waals surface area contributed by atoms with Gasteiger partial charge < -0.3 is 0 Å². The van der Waals surface area contributed by atoms with Crippen molar-refractivity contribution in [1.82, 2.24) is 0 Å². The molecule has 6 fully saturated rings. The lowest BCUT2D eigenvalue weighted by molar-refractivity contribution is -0.179. The van der Waals surface area contributed by atoms with Crippen LogP contribution in [0, 0.1) is 45.3 Å². The van der Waals surface area contributed by atoms with Gasteiger partial charge in [-0.25, -0.2) is 0 Å². The number of hydrogen-bond donors (Lipinski definition) is 0. The van der Waals surface area contributed by atoms with E-state index >= 15 is 0 Å². The first-order valence-electron chi connectivity index (χ1n) is 9.30. The number of hydrogen-bond acceptors (Lipinski definition) is 2. The summed E-state index contributed by atoms with van der Waals surface area (Å²) in [6.07, 6.45) is 6.89. The highest BCUT2D eigenvalue weighted by Gasteiger charge is 2.87. The third-order valence-corrected chi connectivity index (χ3v) is 9.31. The molecule has 4 bridgehead atoms. The molecule has 2 heteroatoms. The smallest absolute Gasteiger partial charge is 0.153 e. The Labute approximate surface area is 133 Å². The fourth-order valence-electron chi connectivity index (χ4n) is 8.32. The van der Waals surface area contributed by atoms with Crippen LogP contribution in [0.1, 0.15) is 66.2 Å². The Morgan fingerprint density at radius 3 is 2.32 bits per heavy atom. The molecule has 0 aromatic carbocycles. The average Bonchev–Trinajstić information content (AvgIpc) is 3.01. The van der Waals surface area contributed by atoms with Gasteiger partial charge in [-0.2, -0.15) is 0 Å². The van der Waals surface area contributed by atoms with Gasteiger partial charge in [0.2, 0.25) is 0 Å². The van der Waals surface area contributed by atoms with E-state index in [0.29, 0.717) is 34.7 Å². The van der Waals surface area contributed by atoms with Crippen LogP contribution >= 0.6 is 0 Å². The summed E-state index contributed by atoms with van der Waals surface area (Å²) in [5, 5.41) is 0. The van der Waals surface area contributed by atoms with Crippen LogP contribution in [0.5, 0.6) is 0 Å². The Morgan fingerprint density at radius 2 is 1.68 bits per heavy atom. The number of carbonyl (C=O) groups excluding carboxylic acids is 2. The quantitative estimate of drug-likeness (QED) is 0.633. The van der Waals surface area contributed by atoms with Crippen molar-refractivity contribution < 1.29 is 9.59 Å². The van der Waals surface area contributed by atoms with Crippen LogP contribution in [-0.4, -0.2) is 11.6 Å². The first-order chi connectivity index (χ1) is 10.2. The van der Waals surface area contributed by atoms with Crippen LogP contribution < -0.4 is 0 Å². The summed E-state index contributed by atoms with van der Waals surface area (Å²) < 4.78 is 0. The van der Waals surface area contributed by atoms with Crippen LogP contribution in [0.2, 0.25) is 0 Å². The van der Waals surface area contributed by atoms with Crippen molar-refractivity contribution in [1.29, 1.82) is 0 Å². The minimum atomic E-state index is -0.563. The molecule has 0 aromatic heterocycles. The Bertz CT molecular complexity index is 619. The first kappa shape index (κ1) is 13.7. The molecule has 0 heterocycles. The Morgan fingerprint density at radius 1 is 0.955 bits per heavy atom. The monoisotopic (exact) mass is 300 g/mol. The van der Waals surface area contributed by atoms with Gasteiger partial charge in [0, 0.05) is 11.3 Å². The zero-order chi connectivity index (χ0) is 15.7. The maximum atomic E-state index is 13.3. The van der Waals surface area contributed by atoms with Crippen molar-refractivity contribution in [3.63, 3.8) is 0 Å². The first-order valence-corrected chi connectivity index (χ1v) is 9.30. The Kier molecular flexibility index (Phi) is 2.12. The molecule has 6 rings (SSSR count). The molecule has 7 atom stereocenters. The summed E-state index contributed by atoms with van der Waals surface area (Å²) in [5.41, 5.74) is -0.234. The number of carbonyl (C=O) groups is 2. The highest BCUT2D eigenvalue weighted by molar-refractivity contribution is 6.22. The predicted octanol–water partition coefficient (Wildman–Crippen LogP) is 4.02. The van der Waals surface area contributed by atoms with E-state index in [4.69, 9.17) is 0 Å². The highest BCUT2D eigenvalue weighted by atomic mass is 16.2. The van der Waals surface area contributed by atoms with Gasteiger partial charge in [-0.05, 0) is 60.7 Å². The van der Waals surface area contributed by atoms with E-state index in [1.807, 2.05) is 0 Å². The Hall–Kier alpha value is -0.660. The Balaban J connectivity index is 1.65. The van der Waals surface area contributed by atoms with Crippen molar-refractivity contribution >= 4 is 11.6 Å². The summed E-state index contributed by atoms with van der Waals surface area (Å²) >= 11 is 0. The molecule has 1 unspecified atom stereocenters. The fraction of sp³-hybridized carbons (Fsp3) is 0.900. The van der Waals surface area contributed by atoms with E-state index in [1.165, 1.54) is 19.3 Å². The summed E-state index contributed by atoms with van der Waals surface area (Å²) in [7, 11) is 0. The third kappa shape index (κ3) is 1.09. The molecule has 0 N–H and O–H groups in total. The normalized spacial score (nSPS) is 60.7. The summed E-state index contributed by atoms with van der Waals surface area (Å²) in [5.74, 6) is 2.25. The molecule has 6 aliphatic rings. The summed E-state index contributed by atoms with van der Waals surface area (Å²) in [4.78, 5) is 26.4. The SMILES string of the molecule is CC1(C)CCC[C@]2(C)[C@@H]1CC[C@@]13C(=O)C4[C@@H](C[C@H]12)[C@@]4(C)C3=O. The molecule has 6 saturated carbocycles. The van der Waals surface area contributed by atoms with E-state index in [2.05, 4.69) is 27.7 Å². The van der Waals surface area contributed by atoms with E-state index in [1.54, 1.807) is 0 Å². The zero-order valence-corrected chi connectivity index (χ0v) is 14.4. The van der Waals surface area contributed by atoms with Gasteiger partial charge in [-0.15, -0.1) is 0 Å². The largest absolute Gasteiger partial charge is 0.298 e. The molecule has 120 valence electrons. The molecular weight excluding hydrogens is 272 g/mol. The van der Waals surface area contributed by atoms with E-state index in [-0.39, 0.29) is 16.7 Å². The summed E-state index contributed by atoms with van der Waals surface area (Å²) in [6.45, 7) is 9.37. The third-order valence-electron chi connectivity index (χ3n) is 9.31. The second-order valence-corrected chi connectivity index (χ2v) is 10.3. The molecule has 1 spiro atoms. The van der Waals surface area contributed by atoms with Crippen LogP contribution in [-0.2, 0) is 9.59 Å². The van der Waals surface area contributed by atoms with Gasteiger partial charge in [0.1, 0.15) is 0 Å². The second-order valence-electron chi connectivity index (χ2n) is 10.3. The van der Waals surface area contributed by atoms with Crippen LogP contribution in [0.15, 0.2) is 0 Å². The molecule has 0 aromatic rings. The van der Waals surface area contributed by atoms with Crippen LogP contribution in [0.3, 0.4) is 0 Å². The minimum absolute atomic E-state index is 0.105. The molecule has 0 saturated heterocycles. The van der Waals surface area contributed by atoms with Crippen LogP contribution in [0.4, 0.5) is 0 Å². The fourth-order valence-corrected chi connectivity index (χ4v) is 8.32. The van der Waals surface area contributed by atoms with E-state index < -0.39 is 5.41 Å². The second kappa shape index (κ2) is 3.39. The number of Topliss-reactive ketones (excluding diaryl/α,β-unsaturated/α-hetero) is 2. The minimum Gasteiger partial charge on any atom is -0.298 e. The van der Waals surface area contributed by atoms with Gasteiger partial charge >= 0.3 is 0 Å². The summed E-state index contributed by atoms with van der Waals surface area (Å²) in [6, 6.07) is 0. The molecule has 6 aliphatic carbocycles. The van der Waals surface area contributed by atoms with Crippen molar-refractivity contribution in [2.45, 2.75) is 66.2 Å². The van der Waals surface area contributed by atoms with Crippen LogP contribution in [0.25, 0.3) is 0 Å². The topological polar surface area (TPSA) is 34.1 Å². The van der Waals surface area contributed by atoms with Gasteiger partial charge in [0.15, 0.2) is 11.6 Å². The maximum absolute atomic E-state index is 13.3. The molecular formula is C20H28O2. The number of fused-ring (bicyclic) bond motifs is 1. The van der Waals surface area contributed by atoms with E-state index in [9.17, 15) is 9.59 Å². The molecule has 0 aliphatic heterocycles. The van der Waals surface area contributed by atoms with Crippen molar-refractivity contribution in [2.75, 3.05) is 0 Å². The van der Waals surface area contributed by atoms with Gasteiger partial charge in [-0.3, -0.25) is 9.59 Å². The maximum Gasteiger partial charge on any atom is 0.153 e. The van der Waals surface area contributed by atoms with Crippen molar-refractivity contribution in [3.8, 4) is 0 Å². The molecule has 2 nitrogen and oxygen atoms in total.